The maximum atomic E-state index is 4.59. The van der Waals surface area contributed by atoms with Gasteiger partial charge in [0.05, 0.1) is 0 Å². The lowest BCUT2D eigenvalue weighted by Crippen LogP contribution is -2.38. The molecule has 0 aliphatic carbocycles. The van der Waals surface area contributed by atoms with Gasteiger partial charge in [-0.25, -0.2) is 0 Å². The Morgan fingerprint density at radius 1 is 1.33 bits per heavy atom. The van der Waals surface area contributed by atoms with Gasteiger partial charge < -0.3 is 10.6 Å². The monoisotopic (exact) mass is 422 g/mol. The Bertz CT molecular complexity index is 373. The zero-order valence-electron chi connectivity index (χ0n) is 13.0. The first kappa shape index (κ1) is 20.5. The van der Waals surface area contributed by atoms with Gasteiger partial charge in [-0.1, -0.05) is 6.07 Å². The van der Waals surface area contributed by atoms with Crippen molar-refractivity contribution in [1.82, 2.24) is 15.6 Å². The van der Waals surface area contributed by atoms with Crippen LogP contribution >= 0.6 is 35.7 Å². The van der Waals surface area contributed by atoms with Crippen LogP contribution in [-0.2, 0) is 6.42 Å². The third-order valence-electron chi connectivity index (χ3n) is 2.80. The highest BCUT2D eigenvalue weighted by Crippen LogP contribution is 1.99. The largest absolute Gasteiger partial charge is 0.357 e. The lowest BCUT2D eigenvalue weighted by Gasteiger charge is -2.11. The summed E-state index contributed by atoms with van der Waals surface area (Å²) < 4.78 is 0. The van der Waals surface area contributed by atoms with Crippen molar-refractivity contribution in [3.05, 3.63) is 30.1 Å². The Kier molecular flexibility index (Phi) is 14.1. The van der Waals surface area contributed by atoms with E-state index in [2.05, 4.69) is 39.9 Å². The molecule has 2 N–H and O–H groups in total. The number of aliphatic imine (C=N–C) groups is 1. The summed E-state index contributed by atoms with van der Waals surface area (Å²) in [5.41, 5.74) is 1.25. The Hall–Kier alpha value is -0.500. The summed E-state index contributed by atoms with van der Waals surface area (Å²) in [5, 5.41) is 6.64. The van der Waals surface area contributed by atoms with Crippen molar-refractivity contribution in [1.29, 1.82) is 0 Å². The van der Waals surface area contributed by atoms with E-state index in [1.165, 1.54) is 17.7 Å². The molecule has 1 aromatic rings. The second-order valence-electron chi connectivity index (χ2n) is 4.50. The van der Waals surface area contributed by atoms with E-state index in [4.69, 9.17) is 0 Å². The summed E-state index contributed by atoms with van der Waals surface area (Å²) in [4.78, 5) is 8.71. The van der Waals surface area contributed by atoms with E-state index in [-0.39, 0.29) is 24.0 Å². The normalized spacial score (nSPS) is 10.9. The second-order valence-corrected chi connectivity index (χ2v) is 5.48. The van der Waals surface area contributed by atoms with E-state index in [1.54, 1.807) is 6.20 Å². The quantitative estimate of drug-likeness (QED) is 0.278. The predicted octanol–water partition coefficient (Wildman–Crippen LogP) is 2.94. The van der Waals surface area contributed by atoms with E-state index in [1.807, 2.05) is 24.0 Å². The Morgan fingerprint density at radius 3 is 2.86 bits per heavy atom. The molecule has 120 valence electrons. The molecule has 0 fully saturated rings. The van der Waals surface area contributed by atoms with Crippen molar-refractivity contribution in [2.75, 3.05) is 31.6 Å². The van der Waals surface area contributed by atoms with Gasteiger partial charge in [0.1, 0.15) is 0 Å². The first-order valence-electron chi connectivity index (χ1n) is 7.26. The molecule has 6 heteroatoms. The standard InChI is InChI=1S/C15H26N4S.HI/c1-3-17-15(18-10-4-5-12-20-2)19-11-8-14-7-6-9-16-13-14;/h6-7,9,13H,3-5,8,10-12H2,1-2H3,(H2,17,18,19);1H. The lowest BCUT2D eigenvalue weighted by atomic mass is 10.2. The minimum Gasteiger partial charge on any atom is -0.357 e. The van der Waals surface area contributed by atoms with Gasteiger partial charge in [-0.15, -0.1) is 24.0 Å². The van der Waals surface area contributed by atoms with Crippen LogP contribution in [0.3, 0.4) is 0 Å². The average Bonchev–Trinajstić information content (AvgIpc) is 2.48. The smallest absolute Gasteiger partial charge is 0.191 e. The third kappa shape index (κ3) is 10.8. The number of unbranched alkanes of at least 4 members (excludes halogenated alkanes) is 1. The van der Waals surface area contributed by atoms with Gasteiger partial charge in [0, 0.05) is 32.0 Å². The molecule has 0 amide bonds. The third-order valence-corrected chi connectivity index (χ3v) is 3.50. The first-order chi connectivity index (χ1) is 9.86. The summed E-state index contributed by atoms with van der Waals surface area (Å²) in [6.45, 7) is 4.75. The molecule has 4 nitrogen and oxygen atoms in total. The molecule has 0 aliphatic heterocycles. The summed E-state index contributed by atoms with van der Waals surface area (Å²) in [7, 11) is 0. The predicted molar refractivity (Wildman–Crippen MR) is 105 cm³/mol. The fraction of sp³-hybridized carbons (Fsp3) is 0.600. The molecule has 0 unspecified atom stereocenters. The SMILES string of the molecule is CCNC(=NCCCCSC)NCCc1cccnc1.I. The number of hydrogen-bond donors (Lipinski definition) is 2. The van der Waals surface area contributed by atoms with Crippen LogP contribution in [0.15, 0.2) is 29.5 Å². The summed E-state index contributed by atoms with van der Waals surface area (Å²) in [6.07, 6.45) is 9.21. The Morgan fingerprint density at radius 2 is 2.19 bits per heavy atom. The average molecular weight is 422 g/mol. The van der Waals surface area contributed by atoms with Crippen LogP contribution in [0.1, 0.15) is 25.3 Å². The maximum absolute atomic E-state index is 4.59. The highest BCUT2D eigenvalue weighted by Gasteiger charge is 1.97. The van der Waals surface area contributed by atoms with Gasteiger partial charge in [0.15, 0.2) is 5.96 Å². The van der Waals surface area contributed by atoms with E-state index < -0.39 is 0 Å². The Labute approximate surface area is 150 Å². The number of nitrogens with zero attached hydrogens (tertiary/aromatic N) is 2. The van der Waals surface area contributed by atoms with Gasteiger partial charge in [-0.2, -0.15) is 11.8 Å². The molecule has 0 aromatic carbocycles. The molecule has 0 aliphatic rings. The summed E-state index contributed by atoms with van der Waals surface area (Å²) >= 11 is 1.90. The van der Waals surface area contributed by atoms with E-state index >= 15 is 0 Å². The molecule has 0 atom stereocenters. The number of aromatic nitrogens is 1. The molecule has 21 heavy (non-hydrogen) atoms. The maximum Gasteiger partial charge on any atom is 0.191 e. The lowest BCUT2D eigenvalue weighted by molar-refractivity contribution is 0.770. The molecule has 0 saturated carbocycles. The van der Waals surface area contributed by atoms with Crippen LogP contribution in [0.5, 0.6) is 0 Å². The van der Waals surface area contributed by atoms with Crippen LogP contribution in [0.4, 0.5) is 0 Å². The number of rotatable bonds is 9. The van der Waals surface area contributed by atoms with Crippen LogP contribution in [-0.4, -0.2) is 42.6 Å². The molecular weight excluding hydrogens is 395 g/mol. The molecule has 0 saturated heterocycles. The number of nitrogens with one attached hydrogen (secondary N) is 2. The van der Waals surface area contributed by atoms with Crippen molar-refractivity contribution in [2.45, 2.75) is 26.2 Å². The van der Waals surface area contributed by atoms with Crippen molar-refractivity contribution in [3.63, 3.8) is 0 Å². The van der Waals surface area contributed by atoms with Gasteiger partial charge in [-0.05, 0) is 49.8 Å². The van der Waals surface area contributed by atoms with Crippen LogP contribution in [0.2, 0.25) is 0 Å². The number of halogens is 1. The molecule has 1 heterocycles. The molecular formula is C15H27IN4S. The summed E-state index contributed by atoms with van der Waals surface area (Å²) in [5.74, 6) is 2.14. The van der Waals surface area contributed by atoms with Gasteiger partial charge >= 0.3 is 0 Å². The zero-order chi connectivity index (χ0) is 14.5. The van der Waals surface area contributed by atoms with Crippen molar-refractivity contribution < 1.29 is 0 Å². The van der Waals surface area contributed by atoms with Gasteiger partial charge in [0.25, 0.3) is 0 Å². The minimum atomic E-state index is 0. The number of pyridine rings is 1. The van der Waals surface area contributed by atoms with Gasteiger partial charge in [-0.3, -0.25) is 9.98 Å². The van der Waals surface area contributed by atoms with Crippen LogP contribution in [0, 0.1) is 0 Å². The molecule has 0 spiro atoms. The number of guanidine groups is 1. The minimum absolute atomic E-state index is 0. The van der Waals surface area contributed by atoms with E-state index in [0.717, 1.165) is 38.4 Å². The van der Waals surface area contributed by atoms with Crippen LogP contribution < -0.4 is 10.6 Å². The molecule has 0 bridgehead atoms. The van der Waals surface area contributed by atoms with E-state index in [0.29, 0.717) is 0 Å². The second kappa shape index (κ2) is 14.4. The summed E-state index contributed by atoms with van der Waals surface area (Å²) in [6, 6.07) is 4.07. The molecule has 1 aromatic heterocycles. The van der Waals surface area contributed by atoms with Crippen molar-refractivity contribution in [2.24, 2.45) is 4.99 Å². The van der Waals surface area contributed by atoms with Gasteiger partial charge in [0.2, 0.25) is 0 Å². The molecule has 0 radical (unpaired) electrons. The topological polar surface area (TPSA) is 49.3 Å². The fourth-order valence-electron chi connectivity index (χ4n) is 1.76. The molecule has 1 rings (SSSR count). The van der Waals surface area contributed by atoms with Crippen molar-refractivity contribution >= 4 is 41.7 Å². The fourth-order valence-corrected chi connectivity index (χ4v) is 2.25. The van der Waals surface area contributed by atoms with E-state index in [9.17, 15) is 0 Å². The first-order valence-corrected chi connectivity index (χ1v) is 8.66. The highest BCUT2D eigenvalue weighted by atomic mass is 127. The van der Waals surface area contributed by atoms with Crippen LogP contribution in [0.25, 0.3) is 0 Å². The number of thioether (sulfide) groups is 1. The number of hydrogen-bond acceptors (Lipinski definition) is 3. The Balaban J connectivity index is 0.00000400. The highest BCUT2D eigenvalue weighted by molar-refractivity contribution is 14.0. The van der Waals surface area contributed by atoms with Crippen molar-refractivity contribution in [3.8, 4) is 0 Å². The zero-order valence-corrected chi connectivity index (χ0v) is 16.1.